The lowest BCUT2D eigenvalue weighted by Gasteiger charge is -2.04. The van der Waals surface area contributed by atoms with Gasteiger partial charge in [0.1, 0.15) is 14.9 Å². The van der Waals surface area contributed by atoms with Crippen molar-refractivity contribution in [3.8, 4) is 0 Å². The van der Waals surface area contributed by atoms with E-state index in [9.17, 15) is 4.79 Å². The third-order valence-corrected chi connectivity index (χ3v) is 2.66. The van der Waals surface area contributed by atoms with Crippen molar-refractivity contribution in [3.05, 3.63) is 39.7 Å². The van der Waals surface area contributed by atoms with Crippen LogP contribution in [-0.2, 0) is 0 Å². The average Bonchev–Trinajstić information content (AvgIpc) is 2.34. The molecule has 0 aliphatic heterocycles. The van der Waals surface area contributed by atoms with Gasteiger partial charge in [0, 0.05) is 12.4 Å². The van der Waals surface area contributed by atoms with Crippen molar-refractivity contribution in [3.63, 3.8) is 0 Å². The number of carbonyl (C=O) groups is 1. The molecule has 6 nitrogen and oxygen atoms in total. The van der Waals surface area contributed by atoms with Gasteiger partial charge in [-0.1, -0.05) is 0 Å². The summed E-state index contributed by atoms with van der Waals surface area (Å²) in [6.07, 6.45) is 5.79. The molecular weight excluding hydrogens is 354 g/mol. The van der Waals surface area contributed by atoms with E-state index in [1.807, 2.05) is 0 Å². The molecule has 0 saturated heterocycles. The van der Waals surface area contributed by atoms with E-state index in [4.69, 9.17) is 0 Å². The van der Waals surface area contributed by atoms with Gasteiger partial charge in [0.25, 0.3) is 5.91 Å². The van der Waals surface area contributed by atoms with Gasteiger partial charge in [0.15, 0.2) is 5.82 Å². The summed E-state index contributed by atoms with van der Waals surface area (Å²) >= 11 is 6.36. The minimum Gasteiger partial charge on any atom is -0.303 e. The van der Waals surface area contributed by atoms with Gasteiger partial charge in [0.05, 0.1) is 12.4 Å². The normalized spacial score (nSPS) is 10.0. The molecule has 0 unspecified atom stereocenters. The van der Waals surface area contributed by atoms with Gasteiger partial charge in [-0.15, -0.1) is 0 Å². The van der Waals surface area contributed by atoms with Crippen LogP contribution in [-0.4, -0.2) is 25.8 Å². The summed E-state index contributed by atoms with van der Waals surface area (Å²) in [5, 5.41) is 2.57. The van der Waals surface area contributed by atoms with Crippen LogP contribution >= 0.6 is 31.9 Å². The average molecular weight is 359 g/mol. The topological polar surface area (TPSA) is 80.7 Å². The number of hydrogen-bond donors (Lipinski definition) is 1. The molecular formula is C9H5Br2N5O. The summed E-state index contributed by atoms with van der Waals surface area (Å²) in [5.74, 6) is -0.0701. The van der Waals surface area contributed by atoms with Crippen molar-refractivity contribution in [2.75, 3.05) is 5.32 Å². The second-order valence-corrected chi connectivity index (χ2v) is 4.44. The van der Waals surface area contributed by atoms with Crippen molar-refractivity contribution < 1.29 is 4.79 Å². The van der Waals surface area contributed by atoms with Gasteiger partial charge < -0.3 is 5.32 Å². The van der Waals surface area contributed by atoms with Crippen LogP contribution in [0.3, 0.4) is 0 Å². The van der Waals surface area contributed by atoms with Crippen molar-refractivity contribution in [1.82, 2.24) is 19.9 Å². The Hall–Kier alpha value is -1.41. The second-order valence-electron chi connectivity index (χ2n) is 2.88. The first kappa shape index (κ1) is 12.1. The van der Waals surface area contributed by atoms with Gasteiger partial charge in [-0.05, 0) is 31.9 Å². The Morgan fingerprint density at radius 1 is 1.18 bits per heavy atom. The Morgan fingerprint density at radius 3 is 2.65 bits per heavy atom. The number of hydrogen-bond acceptors (Lipinski definition) is 5. The summed E-state index contributed by atoms with van der Waals surface area (Å²) in [7, 11) is 0. The Labute approximate surface area is 113 Å². The van der Waals surface area contributed by atoms with E-state index in [-0.39, 0.29) is 5.69 Å². The maximum atomic E-state index is 11.7. The predicted molar refractivity (Wildman–Crippen MR) is 67.4 cm³/mol. The van der Waals surface area contributed by atoms with E-state index in [2.05, 4.69) is 57.1 Å². The van der Waals surface area contributed by atoms with Crippen LogP contribution in [0.2, 0.25) is 0 Å². The fourth-order valence-electron chi connectivity index (χ4n) is 1.02. The fraction of sp³-hybridized carbons (Fsp3) is 0. The smallest absolute Gasteiger partial charge is 0.277 e. The number of nitrogens with zero attached hydrogens (tertiary/aromatic N) is 4. The molecule has 0 radical (unpaired) electrons. The number of halogens is 2. The Morgan fingerprint density at radius 2 is 2.00 bits per heavy atom. The fourth-order valence-corrected chi connectivity index (χ4v) is 1.93. The zero-order valence-electron chi connectivity index (χ0n) is 8.26. The molecule has 1 amide bonds. The van der Waals surface area contributed by atoms with Crippen molar-refractivity contribution in [2.24, 2.45) is 0 Å². The van der Waals surface area contributed by atoms with E-state index in [0.717, 1.165) is 0 Å². The predicted octanol–water partition coefficient (Wildman–Crippen LogP) is 2.04. The quantitative estimate of drug-likeness (QED) is 0.888. The van der Waals surface area contributed by atoms with Crippen LogP contribution < -0.4 is 5.32 Å². The molecule has 0 bridgehead atoms. The molecule has 17 heavy (non-hydrogen) atoms. The van der Waals surface area contributed by atoms with E-state index < -0.39 is 5.91 Å². The minimum atomic E-state index is -0.393. The highest BCUT2D eigenvalue weighted by Gasteiger charge is 2.11. The van der Waals surface area contributed by atoms with Crippen molar-refractivity contribution >= 4 is 43.6 Å². The maximum absolute atomic E-state index is 11.7. The summed E-state index contributed by atoms with van der Waals surface area (Å²) < 4.78 is 1.01. The van der Waals surface area contributed by atoms with Crippen LogP contribution in [0.4, 0.5) is 5.82 Å². The van der Waals surface area contributed by atoms with Gasteiger partial charge in [0.2, 0.25) is 0 Å². The Balaban J connectivity index is 2.19. The summed E-state index contributed by atoms with van der Waals surface area (Å²) in [6, 6.07) is 0. The van der Waals surface area contributed by atoms with Gasteiger partial charge in [-0.3, -0.25) is 9.78 Å². The number of nitrogens with one attached hydrogen (secondary N) is 1. The highest BCUT2D eigenvalue weighted by atomic mass is 79.9. The molecule has 86 valence electrons. The minimum absolute atomic E-state index is 0.212. The Bertz CT molecular complexity index is 548. The molecule has 0 aliphatic carbocycles. The molecule has 0 spiro atoms. The first-order chi connectivity index (χ1) is 8.16. The van der Waals surface area contributed by atoms with E-state index in [1.165, 1.54) is 24.8 Å². The largest absolute Gasteiger partial charge is 0.303 e. The number of rotatable bonds is 2. The summed E-state index contributed by atoms with van der Waals surface area (Å²) in [5.41, 5.74) is 0.212. The molecule has 0 atom stereocenters. The van der Waals surface area contributed by atoms with E-state index in [0.29, 0.717) is 15.0 Å². The first-order valence-electron chi connectivity index (χ1n) is 4.42. The van der Waals surface area contributed by atoms with Crippen LogP contribution in [0.5, 0.6) is 0 Å². The number of aromatic nitrogens is 4. The third-order valence-electron chi connectivity index (χ3n) is 1.73. The lowest BCUT2D eigenvalue weighted by Crippen LogP contribution is -2.15. The molecule has 0 fully saturated rings. The SMILES string of the molecule is O=C(Nc1ncc(Br)nc1Br)c1cnccn1. The zero-order chi connectivity index (χ0) is 12.3. The summed E-state index contributed by atoms with van der Waals surface area (Å²) in [4.78, 5) is 27.5. The number of amides is 1. The summed E-state index contributed by atoms with van der Waals surface area (Å²) in [6.45, 7) is 0. The molecule has 2 aromatic rings. The van der Waals surface area contributed by atoms with Gasteiger partial charge in [-0.2, -0.15) is 0 Å². The molecule has 8 heteroatoms. The lowest BCUT2D eigenvalue weighted by atomic mass is 10.4. The highest BCUT2D eigenvalue weighted by molar-refractivity contribution is 9.11. The van der Waals surface area contributed by atoms with E-state index >= 15 is 0 Å². The zero-order valence-corrected chi connectivity index (χ0v) is 11.4. The van der Waals surface area contributed by atoms with Gasteiger partial charge in [-0.25, -0.2) is 15.0 Å². The standard InChI is InChI=1S/C9H5Br2N5O/c10-6-4-14-8(7(11)15-6)16-9(17)5-3-12-1-2-13-5/h1-4H,(H,14,16,17). The highest BCUT2D eigenvalue weighted by Crippen LogP contribution is 2.19. The third kappa shape index (κ3) is 3.04. The molecule has 1 N–H and O–H groups in total. The van der Waals surface area contributed by atoms with Crippen LogP contribution in [0.1, 0.15) is 10.5 Å². The molecule has 0 aromatic carbocycles. The van der Waals surface area contributed by atoms with E-state index in [1.54, 1.807) is 0 Å². The lowest BCUT2D eigenvalue weighted by molar-refractivity contribution is 0.102. The number of carbonyl (C=O) groups excluding carboxylic acids is 1. The monoisotopic (exact) mass is 357 g/mol. The van der Waals surface area contributed by atoms with Crippen molar-refractivity contribution in [2.45, 2.75) is 0 Å². The molecule has 2 rings (SSSR count). The van der Waals surface area contributed by atoms with Crippen LogP contribution in [0.25, 0.3) is 0 Å². The maximum Gasteiger partial charge on any atom is 0.277 e. The van der Waals surface area contributed by atoms with Crippen LogP contribution in [0, 0.1) is 0 Å². The first-order valence-corrected chi connectivity index (χ1v) is 6.01. The van der Waals surface area contributed by atoms with Crippen LogP contribution in [0.15, 0.2) is 34.0 Å². The Kier molecular flexibility index (Phi) is 3.75. The van der Waals surface area contributed by atoms with Gasteiger partial charge >= 0.3 is 0 Å². The number of anilines is 1. The second kappa shape index (κ2) is 5.28. The molecule has 2 heterocycles. The molecule has 0 saturated carbocycles. The molecule has 0 aliphatic rings. The molecule has 2 aromatic heterocycles. The van der Waals surface area contributed by atoms with Crippen molar-refractivity contribution in [1.29, 1.82) is 0 Å².